The Morgan fingerprint density at radius 2 is 1.61 bits per heavy atom. The zero-order chi connectivity index (χ0) is 12.7. The summed E-state index contributed by atoms with van der Waals surface area (Å²) >= 11 is 3.18. The van der Waals surface area contributed by atoms with Gasteiger partial charge in [0, 0.05) is 22.3 Å². The lowest BCUT2D eigenvalue weighted by Crippen LogP contribution is -2.03. The molecule has 1 aliphatic carbocycles. The van der Waals surface area contributed by atoms with E-state index in [1.54, 1.807) is 24.3 Å². The number of ketones is 2. The van der Waals surface area contributed by atoms with Crippen molar-refractivity contribution in [1.29, 1.82) is 0 Å². The van der Waals surface area contributed by atoms with E-state index in [0.29, 0.717) is 16.7 Å². The van der Waals surface area contributed by atoms with Gasteiger partial charge in [-0.25, -0.2) is 0 Å². The van der Waals surface area contributed by atoms with Crippen molar-refractivity contribution < 1.29 is 9.59 Å². The molecule has 2 nitrogen and oxygen atoms in total. The van der Waals surface area contributed by atoms with Crippen LogP contribution in [-0.2, 0) is 0 Å². The monoisotopic (exact) mass is 300 g/mol. The van der Waals surface area contributed by atoms with E-state index in [4.69, 9.17) is 0 Å². The molecule has 3 heteroatoms. The molecule has 0 amide bonds. The molecule has 0 saturated heterocycles. The minimum absolute atomic E-state index is 0.00338. The van der Waals surface area contributed by atoms with Crippen LogP contribution in [0.15, 0.2) is 42.5 Å². The largest absolute Gasteiger partial charge is 0.293 e. The van der Waals surface area contributed by atoms with Gasteiger partial charge >= 0.3 is 0 Å². The zero-order valence-electron chi connectivity index (χ0n) is 9.44. The van der Waals surface area contributed by atoms with Gasteiger partial charge in [0.2, 0.25) is 0 Å². The molecule has 18 heavy (non-hydrogen) atoms. The average molecular weight is 301 g/mol. The molecule has 88 valence electrons. The Morgan fingerprint density at radius 3 is 2.33 bits per heavy atom. The smallest absolute Gasteiger partial charge is 0.194 e. The Labute approximate surface area is 113 Å². The standard InChI is InChI=1S/C15H9BrO2/c16-8-13(17)11-6-3-7-12-14(11)9-4-1-2-5-10(9)15(12)18/h1-7H,8H2. The zero-order valence-corrected chi connectivity index (χ0v) is 11.0. The highest BCUT2D eigenvalue weighted by Crippen LogP contribution is 2.38. The summed E-state index contributed by atoms with van der Waals surface area (Å²) < 4.78 is 0. The summed E-state index contributed by atoms with van der Waals surface area (Å²) in [7, 11) is 0. The van der Waals surface area contributed by atoms with Crippen LogP contribution < -0.4 is 0 Å². The summed E-state index contributed by atoms with van der Waals surface area (Å²) in [5.41, 5.74) is 3.57. The minimum atomic E-state index is -0.00338. The molecule has 2 aromatic carbocycles. The molecule has 0 radical (unpaired) electrons. The van der Waals surface area contributed by atoms with E-state index < -0.39 is 0 Å². The lowest BCUT2D eigenvalue weighted by Gasteiger charge is -2.06. The van der Waals surface area contributed by atoms with Crippen molar-refractivity contribution in [2.75, 3.05) is 5.33 Å². The van der Waals surface area contributed by atoms with Crippen LogP contribution in [0.25, 0.3) is 11.1 Å². The van der Waals surface area contributed by atoms with E-state index in [0.717, 1.165) is 11.1 Å². The van der Waals surface area contributed by atoms with Gasteiger partial charge in [-0.3, -0.25) is 9.59 Å². The number of halogens is 1. The Morgan fingerprint density at radius 1 is 0.944 bits per heavy atom. The average Bonchev–Trinajstić information content (AvgIpc) is 2.72. The quantitative estimate of drug-likeness (QED) is 0.536. The number of hydrogen-bond acceptors (Lipinski definition) is 2. The van der Waals surface area contributed by atoms with Gasteiger partial charge in [-0.05, 0) is 5.56 Å². The Hall–Kier alpha value is -1.74. The maximum Gasteiger partial charge on any atom is 0.194 e. The van der Waals surface area contributed by atoms with Crippen molar-refractivity contribution in [3.05, 3.63) is 59.2 Å². The van der Waals surface area contributed by atoms with Gasteiger partial charge in [-0.15, -0.1) is 0 Å². The number of alkyl halides is 1. The van der Waals surface area contributed by atoms with E-state index in [-0.39, 0.29) is 16.9 Å². The summed E-state index contributed by atoms with van der Waals surface area (Å²) in [5.74, 6) is 0.00109. The molecular weight excluding hydrogens is 292 g/mol. The van der Waals surface area contributed by atoms with Crippen molar-refractivity contribution in [2.24, 2.45) is 0 Å². The molecule has 0 aliphatic heterocycles. The number of carbonyl (C=O) groups excluding carboxylic acids is 2. The first-order chi connectivity index (χ1) is 8.74. The van der Waals surface area contributed by atoms with Crippen LogP contribution in [-0.4, -0.2) is 16.9 Å². The fourth-order valence-electron chi connectivity index (χ4n) is 2.38. The predicted octanol–water partition coefficient (Wildman–Crippen LogP) is 3.48. The first kappa shape index (κ1) is 11.4. The molecule has 0 heterocycles. The maximum atomic E-state index is 12.2. The highest BCUT2D eigenvalue weighted by molar-refractivity contribution is 9.09. The molecule has 0 spiro atoms. The van der Waals surface area contributed by atoms with Crippen LogP contribution in [0.1, 0.15) is 26.3 Å². The molecule has 0 N–H and O–H groups in total. The van der Waals surface area contributed by atoms with Gasteiger partial charge in [-0.2, -0.15) is 0 Å². The minimum Gasteiger partial charge on any atom is -0.293 e. The first-order valence-electron chi connectivity index (χ1n) is 5.60. The van der Waals surface area contributed by atoms with Gasteiger partial charge in [0.15, 0.2) is 11.6 Å². The third-order valence-corrected chi connectivity index (χ3v) is 3.68. The van der Waals surface area contributed by atoms with E-state index in [9.17, 15) is 9.59 Å². The third kappa shape index (κ3) is 1.47. The predicted molar refractivity (Wildman–Crippen MR) is 73.4 cm³/mol. The molecule has 0 bridgehead atoms. The van der Waals surface area contributed by atoms with Gasteiger partial charge < -0.3 is 0 Å². The lowest BCUT2D eigenvalue weighted by atomic mass is 9.97. The molecule has 0 aromatic heterocycles. The van der Waals surface area contributed by atoms with Crippen molar-refractivity contribution in [3.63, 3.8) is 0 Å². The number of carbonyl (C=O) groups is 2. The maximum absolute atomic E-state index is 12.2. The molecule has 3 rings (SSSR count). The third-order valence-electron chi connectivity index (χ3n) is 3.17. The highest BCUT2D eigenvalue weighted by atomic mass is 79.9. The van der Waals surface area contributed by atoms with Gasteiger partial charge in [0.25, 0.3) is 0 Å². The second-order valence-corrected chi connectivity index (χ2v) is 4.72. The molecule has 0 unspecified atom stereocenters. The summed E-state index contributed by atoms with van der Waals surface area (Å²) in [6.07, 6.45) is 0. The molecule has 0 saturated carbocycles. The summed E-state index contributed by atoms with van der Waals surface area (Å²) in [6.45, 7) is 0. The fraction of sp³-hybridized carbons (Fsp3) is 0.0667. The van der Waals surface area contributed by atoms with E-state index in [1.165, 1.54) is 0 Å². The van der Waals surface area contributed by atoms with Crippen LogP contribution in [0, 0.1) is 0 Å². The first-order valence-corrected chi connectivity index (χ1v) is 6.72. The summed E-state index contributed by atoms with van der Waals surface area (Å²) in [6, 6.07) is 12.7. The van der Waals surface area contributed by atoms with Crippen LogP contribution in [0.3, 0.4) is 0 Å². The molecule has 2 aromatic rings. The number of Topliss-reactive ketones (excluding diaryl/α,β-unsaturated/α-hetero) is 1. The van der Waals surface area contributed by atoms with E-state index in [1.807, 2.05) is 18.2 Å². The van der Waals surface area contributed by atoms with Gasteiger partial charge in [0.05, 0.1) is 5.33 Å². The van der Waals surface area contributed by atoms with Crippen LogP contribution in [0.4, 0.5) is 0 Å². The highest BCUT2D eigenvalue weighted by Gasteiger charge is 2.29. The Balaban J connectivity index is 2.35. The van der Waals surface area contributed by atoms with Crippen LogP contribution >= 0.6 is 15.9 Å². The lowest BCUT2D eigenvalue weighted by molar-refractivity contribution is 0.102. The SMILES string of the molecule is O=C(CBr)c1cccc2c1-c1ccccc1C2=O. The molecule has 1 aliphatic rings. The topological polar surface area (TPSA) is 34.1 Å². The van der Waals surface area contributed by atoms with Crippen molar-refractivity contribution in [2.45, 2.75) is 0 Å². The fourth-order valence-corrected chi connectivity index (χ4v) is 2.68. The van der Waals surface area contributed by atoms with Gasteiger partial charge in [-0.1, -0.05) is 58.4 Å². The number of rotatable bonds is 2. The van der Waals surface area contributed by atoms with Crippen molar-refractivity contribution in [3.8, 4) is 11.1 Å². The Bertz CT molecular complexity index is 674. The van der Waals surface area contributed by atoms with Gasteiger partial charge in [0.1, 0.15) is 0 Å². The molecule has 0 fully saturated rings. The van der Waals surface area contributed by atoms with Crippen LogP contribution in [0.5, 0.6) is 0 Å². The second-order valence-electron chi connectivity index (χ2n) is 4.16. The van der Waals surface area contributed by atoms with E-state index >= 15 is 0 Å². The number of fused-ring (bicyclic) bond motifs is 3. The Kier molecular flexibility index (Phi) is 2.63. The molecular formula is C15H9BrO2. The summed E-state index contributed by atoms with van der Waals surface area (Å²) in [4.78, 5) is 24.2. The van der Waals surface area contributed by atoms with Crippen molar-refractivity contribution >= 4 is 27.5 Å². The van der Waals surface area contributed by atoms with Crippen LogP contribution in [0.2, 0.25) is 0 Å². The second kappa shape index (κ2) is 4.18. The number of hydrogen-bond donors (Lipinski definition) is 0. The summed E-state index contributed by atoms with van der Waals surface area (Å²) in [5, 5.41) is 0.264. The normalized spacial score (nSPS) is 12.2. The van der Waals surface area contributed by atoms with Crippen molar-refractivity contribution in [1.82, 2.24) is 0 Å². The van der Waals surface area contributed by atoms with E-state index in [2.05, 4.69) is 15.9 Å². The molecule has 0 atom stereocenters. The number of benzene rings is 2.